The molecule has 0 saturated carbocycles. The van der Waals surface area contributed by atoms with Gasteiger partial charge in [-0.05, 0) is 25.1 Å². The SMILES string of the molecule is Cc1nc(-c2cccc(-n3ccnc3-c3cc4n(n3)CCNC4)c2)cs1. The summed E-state index contributed by atoms with van der Waals surface area (Å²) in [6.07, 6.45) is 3.81. The van der Waals surface area contributed by atoms with Crippen LogP contribution in [0.1, 0.15) is 10.7 Å². The minimum Gasteiger partial charge on any atom is -0.309 e. The molecule has 3 aromatic heterocycles. The second-order valence-corrected chi connectivity index (χ2v) is 7.41. The number of thiazole rings is 1. The number of fused-ring (bicyclic) bond motifs is 1. The first kappa shape index (κ1) is 15.5. The molecule has 0 atom stereocenters. The Balaban J connectivity index is 1.56. The van der Waals surface area contributed by atoms with Gasteiger partial charge in [0.2, 0.25) is 0 Å². The molecule has 1 aromatic carbocycles. The average Bonchev–Trinajstić information content (AvgIpc) is 3.40. The van der Waals surface area contributed by atoms with Crippen molar-refractivity contribution in [2.24, 2.45) is 0 Å². The Kier molecular flexibility index (Phi) is 3.69. The smallest absolute Gasteiger partial charge is 0.165 e. The Labute approximate surface area is 155 Å². The number of benzene rings is 1. The third-order valence-electron chi connectivity index (χ3n) is 4.58. The van der Waals surface area contributed by atoms with E-state index in [-0.39, 0.29) is 0 Å². The predicted octanol–water partition coefficient (Wildman–Crippen LogP) is 3.27. The largest absolute Gasteiger partial charge is 0.309 e. The van der Waals surface area contributed by atoms with E-state index in [4.69, 9.17) is 5.10 Å². The van der Waals surface area contributed by atoms with Gasteiger partial charge < -0.3 is 5.32 Å². The lowest BCUT2D eigenvalue weighted by molar-refractivity contribution is 0.476. The Morgan fingerprint density at radius 3 is 3.00 bits per heavy atom. The number of nitrogens with zero attached hydrogens (tertiary/aromatic N) is 5. The zero-order valence-corrected chi connectivity index (χ0v) is 15.2. The monoisotopic (exact) mass is 362 g/mol. The number of hydrogen-bond acceptors (Lipinski definition) is 5. The van der Waals surface area contributed by atoms with Crippen LogP contribution >= 0.6 is 11.3 Å². The Morgan fingerprint density at radius 2 is 2.15 bits per heavy atom. The van der Waals surface area contributed by atoms with E-state index in [0.29, 0.717) is 0 Å². The summed E-state index contributed by atoms with van der Waals surface area (Å²) in [5.74, 6) is 0.860. The van der Waals surface area contributed by atoms with Gasteiger partial charge in [-0.2, -0.15) is 5.10 Å². The first-order valence-electron chi connectivity index (χ1n) is 8.62. The Bertz CT molecular complexity index is 1050. The maximum atomic E-state index is 4.75. The molecule has 1 N–H and O–H groups in total. The van der Waals surface area contributed by atoms with E-state index in [9.17, 15) is 0 Å². The molecular formula is C19H18N6S. The first-order chi connectivity index (χ1) is 12.8. The Morgan fingerprint density at radius 1 is 1.19 bits per heavy atom. The quantitative estimate of drug-likeness (QED) is 0.608. The van der Waals surface area contributed by atoms with Gasteiger partial charge >= 0.3 is 0 Å². The highest BCUT2D eigenvalue weighted by Crippen LogP contribution is 2.26. The van der Waals surface area contributed by atoms with Crippen LogP contribution in [0.25, 0.3) is 28.5 Å². The number of aromatic nitrogens is 5. The van der Waals surface area contributed by atoms with E-state index in [0.717, 1.165) is 53.1 Å². The normalized spacial score (nSPS) is 13.7. The van der Waals surface area contributed by atoms with E-state index in [1.54, 1.807) is 11.3 Å². The number of aryl methyl sites for hydroxylation is 1. The van der Waals surface area contributed by atoms with Crippen LogP contribution in [0, 0.1) is 6.92 Å². The van der Waals surface area contributed by atoms with Crippen LogP contribution in [0.2, 0.25) is 0 Å². The fourth-order valence-electron chi connectivity index (χ4n) is 3.31. The molecule has 7 heteroatoms. The highest BCUT2D eigenvalue weighted by Gasteiger charge is 2.17. The summed E-state index contributed by atoms with van der Waals surface area (Å²) < 4.78 is 4.16. The van der Waals surface area contributed by atoms with E-state index in [1.807, 2.05) is 19.3 Å². The maximum absolute atomic E-state index is 4.75. The standard InChI is InChI=1S/C19H18N6S/c1-13-22-18(12-26-13)14-3-2-4-15(9-14)24-7-6-21-19(24)17-10-16-11-20-5-8-25(16)23-17/h2-4,6-7,9-10,12,20H,5,8,11H2,1H3. The van der Waals surface area contributed by atoms with Gasteiger partial charge in [0, 0.05) is 42.1 Å². The second kappa shape index (κ2) is 6.19. The van der Waals surface area contributed by atoms with Crippen molar-refractivity contribution in [2.75, 3.05) is 6.54 Å². The van der Waals surface area contributed by atoms with Crippen LogP contribution in [0.5, 0.6) is 0 Å². The molecule has 0 saturated heterocycles. The van der Waals surface area contributed by atoms with E-state index in [1.165, 1.54) is 5.69 Å². The predicted molar refractivity (Wildman–Crippen MR) is 102 cm³/mol. The summed E-state index contributed by atoms with van der Waals surface area (Å²) in [4.78, 5) is 9.16. The van der Waals surface area contributed by atoms with Crippen LogP contribution in [0.3, 0.4) is 0 Å². The summed E-state index contributed by atoms with van der Waals surface area (Å²) in [7, 11) is 0. The minimum atomic E-state index is 0.854. The van der Waals surface area contributed by atoms with Crippen molar-refractivity contribution >= 4 is 11.3 Å². The molecule has 4 aromatic rings. The molecule has 1 aliphatic heterocycles. The summed E-state index contributed by atoms with van der Waals surface area (Å²) in [6.45, 7) is 4.74. The van der Waals surface area contributed by atoms with Gasteiger partial charge in [0.05, 0.1) is 22.9 Å². The second-order valence-electron chi connectivity index (χ2n) is 6.34. The van der Waals surface area contributed by atoms with Gasteiger partial charge in [0.25, 0.3) is 0 Å². The zero-order chi connectivity index (χ0) is 17.5. The number of nitrogens with one attached hydrogen (secondary N) is 1. The number of hydrogen-bond donors (Lipinski definition) is 1. The van der Waals surface area contributed by atoms with Crippen LogP contribution < -0.4 is 5.32 Å². The van der Waals surface area contributed by atoms with Crippen molar-refractivity contribution in [1.82, 2.24) is 29.6 Å². The first-order valence-corrected chi connectivity index (χ1v) is 9.50. The topological polar surface area (TPSA) is 60.6 Å². The Hall–Kier alpha value is -2.77. The molecule has 130 valence electrons. The van der Waals surface area contributed by atoms with E-state index >= 15 is 0 Å². The molecule has 0 fully saturated rings. The zero-order valence-electron chi connectivity index (χ0n) is 14.4. The molecular weight excluding hydrogens is 344 g/mol. The van der Waals surface area contributed by atoms with E-state index in [2.05, 4.69) is 60.2 Å². The van der Waals surface area contributed by atoms with Crippen LogP contribution in [0.15, 0.2) is 48.1 Å². The van der Waals surface area contributed by atoms with Crippen LogP contribution in [-0.2, 0) is 13.1 Å². The number of rotatable bonds is 3. The van der Waals surface area contributed by atoms with Gasteiger partial charge in [0.15, 0.2) is 5.82 Å². The van der Waals surface area contributed by atoms with Crippen molar-refractivity contribution in [3.63, 3.8) is 0 Å². The third kappa shape index (κ3) is 2.65. The lowest BCUT2D eigenvalue weighted by Crippen LogP contribution is -2.28. The van der Waals surface area contributed by atoms with Crippen LogP contribution in [-0.4, -0.2) is 30.9 Å². The lowest BCUT2D eigenvalue weighted by Gasteiger charge is -2.13. The van der Waals surface area contributed by atoms with Gasteiger partial charge in [-0.25, -0.2) is 9.97 Å². The van der Waals surface area contributed by atoms with Gasteiger partial charge in [-0.15, -0.1) is 11.3 Å². The fourth-order valence-corrected chi connectivity index (χ4v) is 3.94. The van der Waals surface area contributed by atoms with Crippen molar-refractivity contribution in [1.29, 1.82) is 0 Å². The average molecular weight is 362 g/mol. The van der Waals surface area contributed by atoms with Gasteiger partial charge in [-0.3, -0.25) is 9.25 Å². The maximum Gasteiger partial charge on any atom is 0.165 e. The number of imidazole rings is 1. The van der Waals surface area contributed by atoms with Crippen molar-refractivity contribution in [2.45, 2.75) is 20.0 Å². The molecule has 0 amide bonds. The lowest BCUT2D eigenvalue weighted by atomic mass is 10.1. The minimum absolute atomic E-state index is 0.854. The van der Waals surface area contributed by atoms with Gasteiger partial charge in [0.1, 0.15) is 5.69 Å². The van der Waals surface area contributed by atoms with Crippen molar-refractivity contribution in [3.8, 4) is 28.5 Å². The molecule has 1 aliphatic rings. The molecule has 5 rings (SSSR count). The van der Waals surface area contributed by atoms with Crippen molar-refractivity contribution in [3.05, 3.63) is 58.8 Å². The molecule has 26 heavy (non-hydrogen) atoms. The van der Waals surface area contributed by atoms with E-state index < -0.39 is 0 Å². The molecule has 0 radical (unpaired) electrons. The highest BCUT2D eigenvalue weighted by atomic mass is 32.1. The summed E-state index contributed by atoms with van der Waals surface area (Å²) in [5, 5.41) is 11.3. The molecule has 0 aliphatic carbocycles. The van der Waals surface area contributed by atoms with Gasteiger partial charge in [-0.1, -0.05) is 12.1 Å². The molecule has 0 bridgehead atoms. The fraction of sp³-hybridized carbons (Fsp3) is 0.211. The highest BCUT2D eigenvalue weighted by molar-refractivity contribution is 7.09. The molecule has 4 heterocycles. The molecule has 0 spiro atoms. The summed E-state index contributed by atoms with van der Waals surface area (Å²) in [5.41, 5.74) is 5.29. The molecule has 6 nitrogen and oxygen atoms in total. The van der Waals surface area contributed by atoms with Crippen molar-refractivity contribution < 1.29 is 0 Å². The van der Waals surface area contributed by atoms with Crippen LogP contribution in [0.4, 0.5) is 0 Å². The summed E-state index contributed by atoms with van der Waals surface area (Å²) >= 11 is 1.67. The third-order valence-corrected chi connectivity index (χ3v) is 5.35. The molecule has 0 unspecified atom stereocenters. The summed E-state index contributed by atoms with van der Waals surface area (Å²) in [6, 6.07) is 10.5.